The Morgan fingerprint density at radius 1 is 0.778 bits per heavy atom. The van der Waals surface area contributed by atoms with Crippen molar-refractivity contribution in [3.8, 4) is 0 Å². The van der Waals surface area contributed by atoms with Gasteiger partial charge in [0, 0.05) is 41.2 Å². The Balaban J connectivity index is 1.65. The van der Waals surface area contributed by atoms with Crippen LogP contribution in [-0.2, 0) is 9.53 Å². The van der Waals surface area contributed by atoms with Crippen LogP contribution in [0.2, 0.25) is 0 Å². The highest BCUT2D eigenvalue weighted by molar-refractivity contribution is 6.31. The zero-order valence-corrected chi connectivity index (χ0v) is 21.6. The average Bonchev–Trinajstić information content (AvgIpc) is 2.88. The predicted octanol–water partition coefficient (Wildman–Crippen LogP) is 6.55. The van der Waals surface area contributed by atoms with Crippen molar-refractivity contribution in [1.29, 1.82) is 0 Å². The lowest BCUT2D eigenvalue weighted by molar-refractivity contribution is -0.139. The molecule has 0 bridgehead atoms. The molecule has 36 heavy (non-hydrogen) atoms. The van der Waals surface area contributed by atoms with Crippen LogP contribution in [-0.4, -0.2) is 37.2 Å². The van der Waals surface area contributed by atoms with Gasteiger partial charge >= 0.3 is 5.97 Å². The normalized spacial score (nSPS) is 12.1. The molecule has 0 saturated heterocycles. The number of hydrogen-bond donors (Lipinski definition) is 2. The number of benzene rings is 2. The minimum atomic E-state index is -0.346. The molecule has 1 aliphatic carbocycles. The van der Waals surface area contributed by atoms with Crippen LogP contribution in [0.3, 0.4) is 0 Å². The molecule has 6 nitrogen and oxygen atoms in total. The fraction of sp³-hybridized carbons (Fsp3) is 0.433. The van der Waals surface area contributed by atoms with Crippen LogP contribution in [0.4, 0.5) is 11.4 Å². The summed E-state index contributed by atoms with van der Waals surface area (Å²) in [5.41, 5.74) is 3.70. The van der Waals surface area contributed by atoms with Gasteiger partial charge in [-0.2, -0.15) is 0 Å². The third-order valence-electron chi connectivity index (χ3n) is 6.39. The third-order valence-corrected chi connectivity index (χ3v) is 6.39. The topological polar surface area (TPSA) is 84.5 Å². The maximum absolute atomic E-state index is 13.5. The van der Waals surface area contributed by atoms with Crippen LogP contribution < -0.4 is 10.6 Å². The van der Waals surface area contributed by atoms with Gasteiger partial charge in [-0.3, -0.25) is 9.59 Å². The molecule has 2 aromatic carbocycles. The van der Waals surface area contributed by atoms with E-state index in [1.165, 1.54) is 12.8 Å². The van der Waals surface area contributed by atoms with E-state index in [0.717, 1.165) is 50.8 Å². The number of anilines is 2. The molecule has 2 aromatic rings. The second kappa shape index (κ2) is 13.6. The van der Waals surface area contributed by atoms with Gasteiger partial charge in [-0.25, -0.2) is 4.79 Å². The monoisotopic (exact) mass is 490 g/mol. The van der Waals surface area contributed by atoms with Crippen molar-refractivity contribution in [2.75, 3.05) is 30.3 Å². The summed E-state index contributed by atoms with van der Waals surface area (Å²) in [4.78, 5) is 38.4. The Bertz CT molecular complexity index is 1110. The minimum absolute atomic E-state index is 0.107. The van der Waals surface area contributed by atoms with Crippen molar-refractivity contribution in [1.82, 2.24) is 0 Å². The summed E-state index contributed by atoms with van der Waals surface area (Å²) in [5.74, 6) is -0.568. The van der Waals surface area contributed by atoms with E-state index in [-0.39, 0.29) is 17.5 Å². The van der Waals surface area contributed by atoms with Crippen molar-refractivity contribution in [3.63, 3.8) is 0 Å². The second-order valence-corrected chi connectivity index (χ2v) is 9.36. The molecule has 0 unspecified atom stereocenters. The van der Waals surface area contributed by atoms with Gasteiger partial charge < -0.3 is 15.4 Å². The maximum atomic E-state index is 13.5. The Morgan fingerprint density at radius 3 is 1.78 bits per heavy atom. The molecule has 0 atom stereocenters. The highest BCUT2D eigenvalue weighted by Crippen LogP contribution is 2.36. The molecule has 6 heteroatoms. The Kier molecular flexibility index (Phi) is 10.3. The van der Waals surface area contributed by atoms with Crippen molar-refractivity contribution in [2.24, 2.45) is 0 Å². The molecule has 0 fully saturated rings. The standard InChI is InChI=1S/C30H38N2O4/c1-4-5-6-11-18-31-24-16-17-25(32-19-12-7-8-13-20-36-30(35)21(2)3)27-26(24)28(33)22-14-9-10-15-23(22)29(27)34/h9-10,14-17,31-32H,2,4-8,11-13,18-20H2,1,3H3. The summed E-state index contributed by atoms with van der Waals surface area (Å²) < 4.78 is 5.12. The van der Waals surface area contributed by atoms with E-state index in [4.69, 9.17) is 4.74 Å². The first kappa shape index (κ1) is 27.2. The molecule has 0 saturated carbocycles. The smallest absolute Gasteiger partial charge is 0.333 e. The van der Waals surface area contributed by atoms with E-state index in [1.807, 2.05) is 12.1 Å². The van der Waals surface area contributed by atoms with Gasteiger partial charge in [-0.05, 0) is 44.7 Å². The van der Waals surface area contributed by atoms with Crippen LogP contribution >= 0.6 is 0 Å². The molecular weight excluding hydrogens is 452 g/mol. The SMILES string of the molecule is C=C(C)C(=O)OCCCCCCNc1ccc(NCCCCCC)c2c1C(=O)c1ccccc1C2=O. The van der Waals surface area contributed by atoms with Crippen LogP contribution in [0.15, 0.2) is 48.6 Å². The fourth-order valence-electron chi connectivity index (χ4n) is 4.38. The molecule has 0 spiro atoms. The van der Waals surface area contributed by atoms with Crippen molar-refractivity contribution in [3.05, 3.63) is 70.8 Å². The maximum Gasteiger partial charge on any atom is 0.333 e. The van der Waals surface area contributed by atoms with Gasteiger partial charge in [-0.1, -0.05) is 63.5 Å². The van der Waals surface area contributed by atoms with Crippen molar-refractivity contribution < 1.29 is 19.1 Å². The Morgan fingerprint density at radius 2 is 1.28 bits per heavy atom. The van der Waals surface area contributed by atoms with E-state index in [2.05, 4.69) is 24.1 Å². The molecule has 0 radical (unpaired) electrons. The number of esters is 1. The number of fused-ring (bicyclic) bond motifs is 2. The van der Waals surface area contributed by atoms with Gasteiger partial charge in [-0.15, -0.1) is 0 Å². The van der Waals surface area contributed by atoms with Crippen LogP contribution in [0.1, 0.15) is 97.1 Å². The predicted molar refractivity (Wildman–Crippen MR) is 145 cm³/mol. The van der Waals surface area contributed by atoms with E-state index in [1.54, 1.807) is 31.2 Å². The average molecular weight is 491 g/mol. The molecular formula is C30H38N2O4. The highest BCUT2D eigenvalue weighted by atomic mass is 16.5. The summed E-state index contributed by atoms with van der Waals surface area (Å²) in [6.45, 7) is 9.25. The minimum Gasteiger partial charge on any atom is -0.462 e. The number of unbranched alkanes of at least 4 members (excludes halogenated alkanes) is 6. The van der Waals surface area contributed by atoms with E-state index < -0.39 is 0 Å². The molecule has 0 aromatic heterocycles. The number of rotatable bonds is 15. The molecule has 0 heterocycles. The van der Waals surface area contributed by atoms with E-state index in [9.17, 15) is 14.4 Å². The Hall–Kier alpha value is -3.41. The number of ketones is 2. The zero-order chi connectivity index (χ0) is 25.9. The molecule has 2 N–H and O–H groups in total. The lowest BCUT2D eigenvalue weighted by Gasteiger charge is -2.24. The van der Waals surface area contributed by atoms with Gasteiger partial charge in [0.15, 0.2) is 11.6 Å². The van der Waals surface area contributed by atoms with E-state index >= 15 is 0 Å². The third kappa shape index (κ3) is 6.84. The number of carbonyl (C=O) groups excluding carboxylic acids is 3. The number of ether oxygens (including phenoxy) is 1. The molecule has 0 aliphatic heterocycles. The fourth-order valence-corrected chi connectivity index (χ4v) is 4.38. The highest BCUT2D eigenvalue weighted by Gasteiger charge is 2.33. The largest absolute Gasteiger partial charge is 0.462 e. The molecule has 3 rings (SSSR count). The van der Waals surface area contributed by atoms with Gasteiger partial charge in [0.1, 0.15) is 0 Å². The van der Waals surface area contributed by atoms with Crippen LogP contribution in [0.5, 0.6) is 0 Å². The lowest BCUT2D eigenvalue weighted by atomic mass is 9.82. The second-order valence-electron chi connectivity index (χ2n) is 9.36. The lowest BCUT2D eigenvalue weighted by Crippen LogP contribution is -2.24. The first-order chi connectivity index (χ1) is 17.5. The molecule has 192 valence electrons. The number of hydrogen-bond acceptors (Lipinski definition) is 6. The Labute approximate surface area is 214 Å². The first-order valence-electron chi connectivity index (χ1n) is 13.1. The van der Waals surface area contributed by atoms with Crippen molar-refractivity contribution >= 4 is 28.9 Å². The van der Waals surface area contributed by atoms with Gasteiger partial charge in [0.05, 0.1) is 17.7 Å². The van der Waals surface area contributed by atoms with Gasteiger partial charge in [0.25, 0.3) is 0 Å². The summed E-state index contributed by atoms with van der Waals surface area (Å²) in [7, 11) is 0. The zero-order valence-electron chi connectivity index (χ0n) is 21.6. The summed E-state index contributed by atoms with van der Waals surface area (Å²) in [5, 5.41) is 6.80. The van der Waals surface area contributed by atoms with Crippen LogP contribution in [0, 0.1) is 0 Å². The summed E-state index contributed by atoms with van der Waals surface area (Å²) in [6.07, 6.45) is 8.12. The molecule has 0 amide bonds. The summed E-state index contributed by atoms with van der Waals surface area (Å²) in [6, 6.07) is 10.9. The quantitative estimate of drug-likeness (QED) is 0.143. The first-order valence-corrected chi connectivity index (χ1v) is 13.1. The van der Waals surface area contributed by atoms with Gasteiger partial charge in [0.2, 0.25) is 0 Å². The number of carbonyl (C=O) groups is 3. The van der Waals surface area contributed by atoms with Crippen LogP contribution in [0.25, 0.3) is 0 Å². The van der Waals surface area contributed by atoms with Crippen molar-refractivity contribution in [2.45, 2.75) is 65.2 Å². The summed E-state index contributed by atoms with van der Waals surface area (Å²) >= 11 is 0. The van der Waals surface area contributed by atoms with E-state index in [0.29, 0.717) is 46.7 Å². The molecule has 1 aliphatic rings. The number of nitrogens with one attached hydrogen (secondary N) is 2.